The SMILES string of the molecule is CO[C@H]1CN(C)C(=O)c2cc(NC(=O)Nc3cc(F)ccc3F)ccc2OC[C@@H](C)N(C(=O)c2ccccn2)C[C@H]1C. The molecule has 2 heterocycles. The minimum Gasteiger partial charge on any atom is -0.491 e. The van der Waals surface area contributed by atoms with E-state index in [0.29, 0.717) is 12.2 Å². The second-order valence-electron chi connectivity index (χ2n) is 10.2. The molecule has 3 atom stereocenters. The monoisotopic (exact) mass is 581 g/mol. The first-order valence-electron chi connectivity index (χ1n) is 13.4. The Bertz CT molecular complexity index is 1440. The standard InChI is InChI=1S/C30H33F2N5O5/c1-18-15-37(29(39)24-7-5-6-12-33-24)19(2)17-42-26-11-9-21(14-22(26)28(38)36(3)16-27(18)41-4)34-30(40)35-25-13-20(31)8-10-23(25)32/h5-14,18-19,27H,15-17H2,1-4H3,(H2,34,35,40)/t18-,19-,27+/m1/s1. The summed E-state index contributed by atoms with van der Waals surface area (Å²) in [5.41, 5.74) is 0.344. The molecule has 4 rings (SSSR count). The molecule has 0 unspecified atom stereocenters. The number of likely N-dealkylation sites (N-methyl/N-ethyl adjacent to an activating group) is 1. The highest BCUT2D eigenvalue weighted by Gasteiger charge is 2.31. The van der Waals surface area contributed by atoms with Crippen molar-refractivity contribution in [2.75, 3.05) is 44.5 Å². The number of nitrogens with one attached hydrogen (secondary N) is 2. The summed E-state index contributed by atoms with van der Waals surface area (Å²) < 4.78 is 39.3. The number of carbonyl (C=O) groups excluding carboxylic acids is 3. The molecule has 0 saturated carbocycles. The molecule has 10 nitrogen and oxygen atoms in total. The third kappa shape index (κ3) is 7.19. The van der Waals surface area contributed by atoms with Crippen molar-refractivity contribution in [1.82, 2.24) is 14.8 Å². The summed E-state index contributed by atoms with van der Waals surface area (Å²) >= 11 is 0. The van der Waals surface area contributed by atoms with Crippen LogP contribution >= 0.6 is 0 Å². The lowest BCUT2D eigenvalue weighted by Gasteiger charge is -2.36. The summed E-state index contributed by atoms with van der Waals surface area (Å²) in [6, 6.07) is 11.1. The van der Waals surface area contributed by atoms with Crippen molar-refractivity contribution in [3.63, 3.8) is 0 Å². The van der Waals surface area contributed by atoms with E-state index in [2.05, 4.69) is 15.6 Å². The number of urea groups is 1. The zero-order valence-electron chi connectivity index (χ0n) is 23.8. The number of ether oxygens (including phenoxy) is 2. The van der Waals surface area contributed by atoms with Gasteiger partial charge in [-0.25, -0.2) is 13.6 Å². The molecule has 0 saturated heterocycles. The number of hydrogen-bond acceptors (Lipinski definition) is 6. The Morgan fingerprint density at radius 3 is 2.55 bits per heavy atom. The van der Waals surface area contributed by atoms with Crippen molar-refractivity contribution in [2.45, 2.75) is 26.0 Å². The van der Waals surface area contributed by atoms with Gasteiger partial charge in [-0.3, -0.25) is 14.6 Å². The number of hydrogen-bond donors (Lipinski definition) is 2. The summed E-state index contributed by atoms with van der Waals surface area (Å²) in [5.74, 6) is -2.06. The fraction of sp³-hybridized carbons (Fsp3) is 0.333. The third-order valence-corrected chi connectivity index (χ3v) is 7.02. The molecule has 1 aliphatic rings. The first-order valence-corrected chi connectivity index (χ1v) is 13.4. The molecule has 222 valence electrons. The maximum absolute atomic E-state index is 14.0. The molecule has 0 aliphatic carbocycles. The zero-order valence-corrected chi connectivity index (χ0v) is 23.8. The number of amides is 4. The maximum atomic E-state index is 14.0. The van der Waals surface area contributed by atoms with Gasteiger partial charge >= 0.3 is 6.03 Å². The van der Waals surface area contributed by atoms with Crippen LogP contribution < -0.4 is 15.4 Å². The van der Waals surface area contributed by atoms with E-state index in [4.69, 9.17) is 9.47 Å². The van der Waals surface area contributed by atoms with Crippen LogP contribution in [-0.2, 0) is 4.74 Å². The lowest BCUT2D eigenvalue weighted by Crippen LogP contribution is -2.48. The van der Waals surface area contributed by atoms with Crippen molar-refractivity contribution in [3.05, 3.63) is 83.7 Å². The predicted octanol–water partition coefficient (Wildman–Crippen LogP) is 4.65. The quantitative estimate of drug-likeness (QED) is 0.464. The van der Waals surface area contributed by atoms with Gasteiger partial charge in [0.15, 0.2) is 0 Å². The Morgan fingerprint density at radius 1 is 1.05 bits per heavy atom. The number of benzene rings is 2. The number of carbonyl (C=O) groups is 3. The van der Waals surface area contributed by atoms with Crippen LogP contribution in [0.15, 0.2) is 60.8 Å². The third-order valence-electron chi connectivity index (χ3n) is 7.02. The van der Waals surface area contributed by atoms with Gasteiger partial charge < -0.3 is 29.9 Å². The molecule has 3 aromatic rings. The predicted molar refractivity (Wildman–Crippen MR) is 153 cm³/mol. The molecular formula is C30H33F2N5O5. The second kappa shape index (κ2) is 13.4. The first-order chi connectivity index (χ1) is 20.1. The molecule has 2 N–H and O–H groups in total. The lowest BCUT2D eigenvalue weighted by atomic mass is 10.0. The molecule has 4 amide bonds. The number of halogens is 2. The van der Waals surface area contributed by atoms with Crippen LogP contribution in [0, 0.1) is 17.6 Å². The average molecular weight is 582 g/mol. The largest absolute Gasteiger partial charge is 0.491 e. The van der Waals surface area contributed by atoms with Crippen LogP contribution in [0.4, 0.5) is 25.0 Å². The highest BCUT2D eigenvalue weighted by molar-refractivity contribution is 6.02. The highest BCUT2D eigenvalue weighted by atomic mass is 19.1. The van der Waals surface area contributed by atoms with Crippen molar-refractivity contribution < 1.29 is 32.6 Å². The van der Waals surface area contributed by atoms with Gasteiger partial charge in [-0.15, -0.1) is 0 Å². The molecule has 0 fully saturated rings. The van der Waals surface area contributed by atoms with Gasteiger partial charge in [-0.2, -0.15) is 0 Å². The minimum atomic E-state index is -0.833. The number of anilines is 2. The molecule has 0 radical (unpaired) electrons. The van der Waals surface area contributed by atoms with Crippen LogP contribution in [0.1, 0.15) is 34.7 Å². The second-order valence-corrected chi connectivity index (χ2v) is 10.2. The smallest absolute Gasteiger partial charge is 0.323 e. The molecule has 0 spiro atoms. The van der Waals surface area contributed by atoms with Crippen LogP contribution in [0.5, 0.6) is 5.75 Å². The maximum Gasteiger partial charge on any atom is 0.323 e. The molecule has 2 aromatic carbocycles. The Labute approximate surface area is 242 Å². The minimum absolute atomic E-state index is 0.0685. The van der Waals surface area contributed by atoms with Crippen molar-refractivity contribution >= 4 is 29.2 Å². The zero-order chi connectivity index (χ0) is 30.4. The molecule has 1 aromatic heterocycles. The van der Waals surface area contributed by atoms with E-state index in [1.807, 2.05) is 13.8 Å². The van der Waals surface area contributed by atoms with Gasteiger partial charge in [0.1, 0.15) is 29.7 Å². The van der Waals surface area contributed by atoms with Gasteiger partial charge in [0, 0.05) is 51.1 Å². The Hall–Kier alpha value is -4.58. The summed E-state index contributed by atoms with van der Waals surface area (Å²) in [5, 5.41) is 4.79. The number of nitrogens with zero attached hydrogens (tertiary/aromatic N) is 3. The van der Waals surface area contributed by atoms with Crippen molar-refractivity contribution in [2.24, 2.45) is 5.92 Å². The fourth-order valence-electron chi connectivity index (χ4n) is 4.65. The summed E-state index contributed by atoms with van der Waals surface area (Å²) in [7, 11) is 3.18. The van der Waals surface area contributed by atoms with E-state index in [9.17, 15) is 23.2 Å². The first kappa shape index (κ1) is 30.4. The number of fused-ring (bicyclic) bond motifs is 1. The van der Waals surface area contributed by atoms with E-state index in [-0.39, 0.29) is 53.6 Å². The molecule has 1 aliphatic heterocycles. The lowest BCUT2D eigenvalue weighted by molar-refractivity contribution is 0.0109. The highest BCUT2D eigenvalue weighted by Crippen LogP contribution is 2.27. The summed E-state index contributed by atoms with van der Waals surface area (Å²) in [6.45, 7) is 4.42. The van der Waals surface area contributed by atoms with E-state index >= 15 is 0 Å². The van der Waals surface area contributed by atoms with Gasteiger partial charge in [-0.1, -0.05) is 13.0 Å². The van der Waals surface area contributed by atoms with Crippen LogP contribution in [0.2, 0.25) is 0 Å². The van der Waals surface area contributed by atoms with Gasteiger partial charge in [0.05, 0.1) is 23.4 Å². The van der Waals surface area contributed by atoms with Gasteiger partial charge in [0.2, 0.25) is 0 Å². The van der Waals surface area contributed by atoms with E-state index in [1.54, 1.807) is 43.5 Å². The normalized spacial score (nSPS) is 19.6. The summed E-state index contributed by atoms with van der Waals surface area (Å²) in [4.78, 5) is 47.0. The topological polar surface area (TPSA) is 113 Å². The Balaban J connectivity index is 1.61. The fourth-order valence-corrected chi connectivity index (χ4v) is 4.65. The van der Waals surface area contributed by atoms with E-state index in [0.717, 1.165) is 18.2 Å². The van der Waals surface area contributed by atoms with Crippen LogP contribution in [0.3, 0.4) is 0 Å². The number of pyridine rings is 1. The molecule has 42 heavy (non-hydrogen) atoms. The van der Waals surface area contributed by atoms with Crippen LogP contribution in [0.25, 0.3) is 0 Å². The molecule has 12 heteroatoms. The summed E-state index contributed by atoms with van der Waals surface area (Å²) in [6.07, 6.45) is 1.16. The number of rotatable bonds is 4. The van der Waals surface area contributed by atoms with E-state index in [1.165, 1.54) is 23.1 Å². The van der Waals surface area contributed by atoms with Crippen LogP contribution in [-0.4, -0.2) is 78.6 Å². The number of aromatic nitrogens is 1. The Kier molecular flexibility index (Phi) is 9.68. The van der Waals surface area contributed by atoms with E-state index < -0.39 is 29.8 Å². The Morgan fingerprint density at radius 2 is 1.83 bits per heavy atom. The number of methoxy groups -OCH3 is 1. The van der Waals surface area contributed by atoms with Crippen molar-refractivity contribution in [3.8, 4) is 5.75 Å². The average Bonchev–Trinajstić information content (AvgIpc) is 2.98. The van der Waals surface area contributed by atoms with Gasteiger partial charge in [0.25, 0.3) is 11.8 Å². The molecular weight excluding hydrogens is 548 g/mol. The molecule has 0 bridgehead atoms. The van der Waals surface area contributed by atoms with Crippen molar-refractivity contribution in [1.29, 1.82) is 0 Å². The van der Waals surface area contributed by atoms with Gasteiger partial charge in [-0.05, 0) is 49.4 Å².